The van der Waals surface area contributed by atoms with E-state index in [-0.39, 0.29) is 19.8 Å². The number of aromatic nitrogens is 1. The fraction of sp³-hybridized carbons (Fsp3) is 0.238. The quantitative estimate of drug-likeness (QED) is 0.488. The van der Waals surface area contributed by atoms with Gasteiger partial charge in [-0.25, -0.2) is 4.79 Å². The molecule has 0 saturated heterocycles. The first-order chi connectivity index (χ1) is 14.4. The molecule has 0 bridgehead atoms. The molecule has 30 heavy (non-hydrogen) atoms. The van der Waals surface area contributed by atoms with E-state index in [0.29, 0.717) is 26.1 Å². The molecule has 3 rings (SSSR count). The summed E-state index contributed by atoms with van der Waals surface area (Å²) >= 11 is 4.55. The van der Waals surface area contributed by atoms with Crippen molar-refractivity contribution in [2.24, 2.45) is 4.99 Å². The van der Waals surface area contributed by atoms with Gasteiger partial charge in [0.05, 0.1) is 29.0 Å². The third-order valence-corrected chi connectivity index (χ3v) is 5.59. The number of esters is 2. The zero-order chi connectivity index (χ0) is 21.7. The molecule has 156 valence electrons. The van der Waals surface area contributed by atoms with Gasteiger partial charge in [0.25, 0.3) is 5.91 Å². The Balaban J connectivity index is 2.11. The standard InChI is InChI=1S/C21H19BrN2O5S/c1-3-28-18(25)12-24-16-9-8-14(20(27)29-4-2)11-17(16)30-21(24)23-19(26)13-6-5-7-15(22)10-13/h5-11H,3-4,12H2,1-2H3. The number of amides is 1. The largest absolute Gasteiger partial charge is 0.465 e. The summed E-state index contributed by atoms with van der Waals surface area (Å²) in [6, 6.07) is 11.9. The number of benzene rings is 2. The molecule has 1 amide bonds. The topological polar surface area (TPSA) is 87.0 Å². The lowest BCUT2D eigenvalue weighted by molar-refractivity contribution is -0.143. The third-order valence-electron chi connectivity index (χ3n) is 4.06. The Labute approximate surface area is 185 Å². The van der Waals surface area contributed by atoms with Gasteiger partial charge in [-0.15, -0.1) is 0 Å². The van der Waals surface area contributed by atoms with Gasteiger partial charge in [-0.05, 0) is 50.2 Å². The molecular formula is C21H19BrN2O5S. The average molecular weight is 491 g/mol. The van der Waals surface area contributed by atoms with Crippen molar-refractivity contribution < 1.29 is 23.9 Å². The summed E-state index contributed by atoms with van der Waals surface area (Å²) in [5.74, 6) is -1.32. The second-order valence-corrected chi connectivity index (χ2v) is 8.03. The van der Waals surface area contributed by atoms with Crippen molar-refractivity contribution in [3.63, 3.8) is 0 Å². The lowest BCUT2D eigenvalue weighted by atomic mass is 10.2. The second kappa shape index (κ2) is 9.82. The highest BCUT2D eigenvalue weighted by atomic mass is 79.9. The number of fused-ring (bicyclic) bond motifs is 1. The maximum absolute atomic E-state index is 12.7. The molecule has 0 radical (unpaired) electrons. The highest BCUT2D eigenvalue weighted by molar-refractivity contribution is 9.10. The van der Waals surface area contributed by atoms with Crippen LogP contribution in [0.15, 0.2) is 51.9 Å². The Hall–Kier alpha value is -2.78. The van der Waals surface area contributed by atoms with Crippen LogP contribution in [0.3, 0.4) is 0 Å². The molecule has 0 unspecified atom stereocenters. The van der Waals surface area contributed by atoms with E-state index < -0.39 is 17.8 Å². The molecule has 0 atom stereocenters. The predicted molar refractivity (Wildman–Crippen MR) is 116 cm³/mol. The highest BCUT2D eigenvalue weighted by Gasteiger charge is 2.15. The number of thiazole rings is 1. The maximum Gasteiger partial charge on any atom is 0.338 e. The second-order valence-electron chi connectivity index (χ2n) is 6.11. The smallest absolute Gasteiger partial charge is 0.338 e. The molecule has 0 aliphatic heterocycles. The number of ether oxygens (including phenoxy) is 2. The van der Waals surface area contributed by atoms with Gasteiger partial charge in [0.1, 0.15) is 6.54 Å². The van der Waals surface area contributed by atoms with Gasteiger partial charge in [-0.3, -0.25) is 9.59 Å². The number of rotatable bonds is 6. The van der Waals surface area contributed by atoms with Crippen LogP contribution in [-0.2, 0) is 20.8 Å². The third kappa shape index (κ3) is 5.03. The number of hydrogen-bond donors (Lipinski definition) is 0. The summed E-state index contributed by atoms with van der Waals surface area (Å²) in [5.41, 5.74) is 1.47. The predicted octanol–water partition coefficient (Wildman–Crippen LogP) is 3.95. The van der Waals surface area contributed by atoms with Crippen molar-refractivity contribution in [1.29, 1.82) is 0 Å². The van der Waals surface area contributed by atoms with Crippen molar-refractivity contribution >= 4 is 55.3 Å². The molecule has 0 fully saturated rings. The first kappa shape index (κ1) is 21.9. The van der Waals surface area contributed by atoms with Crippen molar-refractivity contribution in [2.75, 3.05) is 13.2 Å². The Bertz CT molecular complexity index is 1180. The zero-order valence-electron chi connectivity index (χ0n) is 16.4. The van der Waals surface area contributed by atoms with Crippen molar-refractivity contribution in [3.05, 3.63) is 62.9 Å². The summed E-state index contributed by atoms with van der Waals surface area (Å²) < 4.78 is 13.2. The monoisotopic (exact) mass is 490 g/mol. The summed E-state index contributed by atoms with van der Waals surface area (Å²) in [5, 5.41) is 0. The highest BCUT2D eigenvalue weighted by Crippen LogP contribution is 2.20. The molecular weight excluding hydrogens is 472 g/mol. The minimum atomic E-state index is -0.442. The summed E-state index contributed by atoms with van der Waals surface area (Å²) in [6.45, 7) is 3.88. The van der Waals surface area contributed by atoms with E-state index in [1.54, 1.807) is 54.8 Å². The fourth-order valence-corrected chi connectivity index (χ4v) is 4.23. The van der Waals surface area contributed by atoms with Gasteiger partial charge in [-0.2, -0.15) is 4.99 Å². The van der Waals surface area contributed by atoms with Crippen LogP contribution >= 0.6 is 27.3 Å². The van der Waals surface area contributed by atoms with Crippen LogP contribution in [0.2, 0.25) is 0 Å². The minimum absolute atomic E-state index is 0.100. The molecule has 0 spiro atoms. The summed E-state index contributed by atoms with van der Waals surface area (Å²) in [4.78, 5) is 41.4. The van der Waals surface area contributed by atoms with Gasteiger partial charge in [0, 0.05) is 10.0 Å². The summed E-state index contributed by atoms with van der Waals surface area (Å²) in [7, 11) is 0. The molecule has 9 heteroatoms. The number of nitrogens with zero attached hydrogens (tertiary/aromatic N) is 2. The van der Waals surface area contributed by atoms with Crippen LogP contribution in [0.5, 0.6) is 0 Å². The lowest BCUT2D eigenvalue weighted by Crippen LogP contribution is -2.23. The Morgan fingerprint density at radius 3 is 2.50 bits per heavy atom. The molecule has 0 aliphatic carbocycles. The van der Waals surface area contributed by atoms with Gasteiger partial charge in [0.15, 0.2) is 4.80 Å². The Kier molecular flexibility index (Phi) is 7.17. The van der Waals surface area contributed by atoms with E-state index in [4.69, 9.17) is 9.47 Å². The number of carbonyl (C=O) groups excluding carboxylic acids is 3. The number of halogens is 1. The van der Waals surface area contributed by atoms with Crippen LogP contribution in [0.4, 0.5) is 0 Å². The van der Waals surface area contributed by atoms with Gasteiger partial charge >= 0.3 is 11.9 Å². The molecule has 0 aliphatic rings. The molecule has 1 heterocycles. The minimum Gasteiger partial charge on any atom is -0.465 e. The summed E-state index contributed by atoms with van der Waals surface area (Å²) in [6.07, 6.45) is 0. The number of hydrogen-bond acceptors (Lipinski definition) is 6. The Morgan fingerprint density at radius 1 is 1.03 bits per heavy atom. The maximum atomic E-state index is 12.7. The van der Waals surface area contributed by atoms with Crippen LogP contribution < -0.4 is 4.80 Å². The van der Waals surface area contributed by atoms with Crippen molar-refractivity contribution in [3.8, 4) is 0 Å². The van der Waals surface area contributed by atoms with E-state index in [9.17, 15) is 14.4 Å². The van der Waals surface area contributed by atoms with E-state index in [0.717, 1.165) is 4.47 Å². The molecule has 7 nitrogen and oxygen atoms in total. The van der Waals surface area contributed by atoms with Gasteiger partial charge < -0.3 is 14.0 Å². The first-order valence-corrected chi connectivity index (χ1v) is 10.8. The van der Waals surface area contributed by atoms with Crippen LogP contribution in [-0.4, -0.2) is 35.6 Å². The fourth-order valence-electron chi connectivity index (χ4n) is 2.76. The van der Waals surface area contributed by atoms with E-state index in [1.165, 1.54) is 11.3 Å². The zero-order valence-corrected chi connectivity index (χ0v) is 18.8. The Morgan fingerprint density at radius 2 is 1.80 bits per heavy atom. The van der Waals surface area contributed by atoms with Crippen molar-refractivity contribution in [2.45, 2.75) is 20.4 Å². The van der Waals surface area contributed by atoms with Gasteiger partial charge in [0.2, 0.25) is 0 Å². The van der Waals surface area contributed by atoms with Crippen molar-refractivity contribution in [1.82, 2.24) is 4.57 Å². The molecule has 0 N–H and O–H groups in total. The molecule has 2 aromatic carbocycles. The van der Waals surface area contributed by atoms with E-state index >= 15 is 0 Å². The normalized spacial score (nSPS) is 11.5. The van der Waals surface area contributed by atoms with E-state index in [2.05, 4.69) is 20.9 Å². The van der Waals surface area contributed by atoms with Crippen LogP contribution in [0.1, 0.15) is 34.6 Å². The lowest BCUT2D eigenvalue weighted by Gasteiger charge is -2.06. The molecule has 0 saturated carbocycles. The van der Waals surface area contributed by atoms with Gasteiger partial charge in [-0.1, -0.05) is 33.3 Å². The number of carbonyl (C=O) groups is 3. The van der Waals surface area contributed by atoms with E-state index in [1.807, 2.05) is 6.07 Å². The first-order valence-electron chi connectivity index (χ1n) is 9.23. The molecule has 3 aromatic rings. The molecule has 1 aromatic heterocycles. The van der Waals surface area contributed by atoms with Crippen LogP contribution in [0, 0.1) is 0 Å². The van der Waals surface area contributed by atoms with Crippen LogP contribution in [0.25, 0.3) is 10.2 Å². The average Bonchev–Trinajstić information content (AvgIpc) is 3.04. The SMILES string of the molecule is CCOC(=O)Cn1c(=NC(=O)c2cccc(Br)c2)sc2cc(C(=O)OCC)ccc21.